The third-order valence-corrected chi connectivity index (χ3v) is 3.17. The topological polar surface area (TPSA) is 0 Å². The Balaban J connectivity index is 2.45. The van der Waals surface area contributed by atoms with Gasteiger partial charge in [-0.1, -0.05) is 21.6 Å². The summed E-state index contributed by atoms with van der Waals surface area (Å²) in [6, 6.07) is 0. The quantitative estimate of drug-likeness (QED) is 0.451. The van der Waals surface area contributed by atoms with Gasteiger partial charge in [0.05, 0.1) is 0 Å². The van der Waals surface area contributed by atoms with Crippen molar-refractivity contribution in [2.24, 2.45) is 0 Å². The Labute approximate surface area is 57.6 Å². The Morgan fingerprint density at radius 3 is 2.29 bits per heavy atom. The first kappa shape index (κ1) is 8.05. The lowest BCUT2D eigenvalue weighted by Gasteiger charge is -1.90. The molecule has 7 heavy (non-hydrogen) atoms. The smallest absolute Gasteiger partial charge is 0.0128 e. The summed E-state index contributed by atoms with van der Waals surface area (Å²) in [4.78, 5) is 0. The molecule has 0 amide bonds. The van der Waals surface area contributed by atoms with Crippen LogP contribution in [0.3, 0.4) is 0 Å². The minimum Gasteiger partial charge on any atom is -0.165 e. The zero-order chi connectivity index (χ0) is 5.54. The number of hydrogen-bond acceptors (Lipinski definition) is 3. The van der Waals surface area contributed by atoms with Crippen LogP contribution in [0.1, 0.15) is 0 Å². The molecule has 0 unspecified atom stereocenters. The van der Waals surface area contributed by atoms with E-state index in [1.807, 2.05) is 33.3 Å². The zero-order valence-electron chi connectivity index (χ0n) is 4.64. The predicted molar refractivity (Wildman–Crippen MR) is 44.4 cm³/mol. The van der Waals surface area contributed by atoms with Gasteiger partial charge in [-0.05, 0) is 12.5 Å². The monoisotopic (exact) mass is 154 g/mol. The van der Waals surface area contributed by atoms with E-state index in [0.29, 0.717) is 0 Å². The molecule has 0 aromatic rings. The molecule has 0 saturated heterocycles. The summed E-state index contributed by atoms with van der Waals surface area (Å²) in [6.45, 7) is 0. The fourth-order valence-corrected chi connectivity index (χ4v) is 2.42. The summed E-state index contributed by atoms with van der Waals surface area (Å²) in [5.41, 5.74) is 0. The van der Waals surface area contributed by atoms with E-state index in [4.69, 9.17) is 0 Å². The van der Waals surface area contributed by atoms with Crippen LogP contribution in [0.25, 0.3) is 0 Å². The van der Waals surface area contributed by atoms with Crippen molar-refractivity contribution in [3.63, 3.8) is 0 Å². The largest absolute Gasteiger partial charge is 0.165 e. The van der Waals surface area contributed by atoms with Gasteiger partial charge in [-0.25, -0.2) is 0 Å². The lowest BCUT2D eigenvalue weighted by atomic mass is 11.0. The van der Waals surface area contributed by atoms with Gasteiger partial charge in [0.2, 0.25) is 0 Å². The van der Waals surface area contributed by atoms with Crippen LogP contribution < -0.4 is 0 Å². The summed E-state index contributed by atoms with van der Waals surface area (Å²) in [5, 5.41) is 0. The Hall–Kier alpha value is 1.05. The van der Waals surface area contributed by atoms with Crippen LogP contribution in [-0.4, -0.2) is 24.0 Å². The van der Waals surface area contributed by atoms with E-state index in [9.17, 15) is 0 Å². The number of hydrogen-bond donors (Lipinski definition) is 0. The molecule has 0 bridgehead atoms. The molecule has 0 heterocycles. The second-order valence-electron chi connectivity index (χ2n) is 0.981. The van der Waals surface area contributed by atoms with Crippen molar-refractivity contribution < 1.29 is 0 Å². The lowest BCUT2D eigenvalue weighted by molar-refractivity contribution is 1.57. The molecule has 0 aliphatic carbocycles. The maximum atomic E-state index is 2.14. The van der Waals surface area contributed by atoms with Gasteiger partial charge in [-0.15, -0.1) is 0 Å². The third kappa shape index (κ3) is 7.05. The van der Waals surface area contributed by atoms with E-state index in [-0.39, 0.29) is 0 Å². The van der Waals surface area contributed by atoms with Crippen molar-refractivity contribution >= 4 is 33.3 Å². The number of rotatable bonds is 4. The molecule has 44 valence electrons. The van der Waals surface area contributed by atoms with E-state index in [2.05, 4.69) is 12.5 Å². The van der Waals surface area contributed by atoms with Crippen molar-refractivity contribution in [1.82, 2.24) is 0 Å². The summed E-state index contributed by atoms with van der Waals surface area (Å²) < 4.78 is 0. The zero-order valence-corrected chi connectivity index (χ0v) is 7.09. The van der Waals surface area contributed by atoms with Crippen LogP contribution >= 0.6 is 33.3 Å². The first-order valence-corrected chi connectivity index (χ1v) is 6.18. The molecule has 0 aliphatic rings. The summed E-state index contributed by atoms with van der Waals surface area (Å²) in [6.07, 6.45) is 4.26. The van der Waals surface area contributed by atoms with Gasteiger partial charge < -0.3 is 0 Å². The summed E-state index contributed by atoms with van der Waals surface area (Å²) in [7, 11) is 3.77. The maximum absolute atomic E-state index is 2.14. The predicted octanol–water partition coefficient (Wildman–Crippen LogP) is 2.36. The van der Waals surface area contributed by atoms with Crippen LogP contribution in [0.5, 0.6) is 0 Å². The fourth-order valence-electron chi connectivity index (χ4n) is 0.201. The van der Waals surface area contributed by atoms with Gasteiger partial charge in [0.1, 0.15) is 0 Å². The molecule has 0 nitrogen and oxygen atoms in total. The Kier molecular flexibility index (Phi) is 8.11. The molecule has 0 radical (unpaired) electrons. The molecule has 0 aromatic carbocycles. The molecule has 0 N–H and O–H groups in total. The normalized spacial score (nSPS) is 9.43. The first-order chi connectivity index (χ1) is 3.41. The van der Waals surface area contributed by atoms with Crippen molar-refractivity contribution in [2.75, 3.05) is 24.0 Å². The Morgan fingerprint density at radius 2 is 1.86 bits per heavy atom. The molecule has 3 heteroatoms. The molecular weight excluding hydrogens is 144 g/mol. The molecule has 0 atom stereocenters. The second-order valence-corrected chi connectivity index (χ2v) is 4.65. The lowest BCUT2D eigenvalue weighted by Crippen LogP contribution is -1.76. The van der Waals surface area contributed by atoms with E-state index < -0.39 is 0 Å². The molecule has 0 aromatic heterocycles. The van der Waals surface area contributed by atoms with E-state index in [0.717, 1.165) is 0 Å². The SMILES string of the molecule is CSCCSSC. The first-order valence-electron chi connectivity index (χ1n) is 2.06. The van der Waals surface area contributed by atoms with Crippen LogP contribution in [0.15, 0.2) is 0 Å². The minimum atomic E-state index is 1.28. The summed E-state index contributed by atoms with van der Waals surface area (Å²) >= 11 is 1.91. The van der Waals surface area contributed by atoms with Gasteiger partial charge in [0, 0.05) is 11.5 Å². The van der Waals surface area contributed by atoms with Crippen LogP contribution in [0.4, 0.5) is 0 Å². The van der Waals surface area contributed by atoms with Gasteiger partial charge in [-0.3, -0.25) is 0 Å². The third-order valence-electron chi connectivity index (χ3n) is 0.489. The molecule has 0 spiro atoms. The van der Waals surface area contributed by atoms with Gasteiger partial charge in [-0.2, -0.15) is 11.8 Å². The van der Waals surface area contributed by atoms with E-state index in [1.54, 1.807) is 0 Å². The van der Waals surface area contributed by atoms with Crippen LogP contribution in [0, 0.1) is 0 Å². The van der Waals surface area contributed by atoms with E-state index >= 15 is 0 Å². The van der Waals surface area contributed by atoms with Crippen molar-refractivity contribution in [2.45, 2.75) is 0 Å². The highest BCUT2D eigenvalue weighted by Crippen LogP contribution is 2.16. The fraction of sp³-hybridized carbons (Fsp3) is 1.00. The molecule has 0 saturated carbocycles. The Morgan fingerprint density at radius 1 is 1.14 bits per heavy atom. The maximum Gasteiger partial charge on any atom is 0.0128 e. The highest BCUT2D eigenvalue weighted by molar-refractivity contribution is 8.76. The average molecular weight is 154 g/mol. The van der Waals surface area contributed by atoms with Crippen LogP contribution in [-0.2, 0) is 0 Å². The highest BCUT2D eigenvalue weighted by atomic mass is 33.1. The van der Waals surface area contributed by atoms with Crippen LogP contribution in [0.2, 0.25) is 0 Å². The van der Waals surface area contributed by atoms with Gasteiger partial charge in [0.25, 0.3) is 0 Å². The highest BCUT2D eigenvalue weighted by Gasteiger charge is 1.80. The minimum absolute atomic E-state index is 1.28. The van der Waals surface area contributed by atoms with Gasteiger partial charge in [0.15, 0.2) is 0 Å². The second kappa shape index (κ2) is 7.05. The van der Waals surface area contributed by atoms with Crippen molar-refractivity contribution in [1.29, 1.82) is 0 Å². The molecular formula is C4H10S3. The Bertz CT molecular complexity index is 26.1. The molecule has 0 rings (SSSR count). The standard InChI is InChI=1S/C4H10S3/c1-5-3-4-7-6-2/h3-4H2,1-2H3. The summed E-state index contributed by atoms with van der Waals surface area (Å²) in [5.74, 6) is 2.56. The molecule has 0 fully saturated rings. The molecule has 0 aliphatic heterocycles. The van der Waals surface area contributed by atoms with Crippen molar-refractivity contribution in [3.8, 4) is 0 Å². The average Bonchev–Trinajstić information content (AvgIpc) is 1.69. The van der Waals surface area contributed by atoms with Gasteiger partial charge >= 0.3 is 0 Å². The number of thioether (sulfide) groups is 1. The van der Waals surface area contributed by atoms with Crippen molar-refractivity contribution in [3.05, 3.63) is 0 Å². The van der Waals surface area contributed by atoms with E-state index in [1.165, 1.54) is 11.5 Å².